The molecule has 1 aromatic rings. The Labute approximate surface area is 124 Å². The number of nitrogens with two attached hydrogens (primary N) is 1. The van der Waals surface area contributed by atoms with Crippen molar-refractivity contribution in [1.29, 1.82) is 0 Å². The summed E-state index contributed by atoms with van der Waals surface area (Å²) in [5.74, 6) is 0. The lowest BCUT2D eigenvalue weighted by atomic mass is 9.96. The number of nitrogens with zero attached hydrogens (tertiary/aromatic N) is 3. The summed E-state index contributed by atoms with van der Waals surface area (Å²) in [6.07, 6.45) is 5.86. The largest absolute Gasteiger partial charge is 0.364 e. The Morgan fingerprint density at radius 2 is 2.30 bits per heavy atom. The van der Waals surface area contributed by atoms with Crippen LogP contribution < -0.4 is 16.2 Å². The summed E-state index contributed by atoms with van der Waals surface area (Å²) in [5.41, 5.74) is 6.59. The van der Waals surface area contributed by atoms with Crippen molar-refractivity contribution in [3.63, 3.8) is 0 Å². The van der Waals surface area contributed by atoms with E-state index in [4.69, 9.17) is 17.3 Å². The van der Waals surface area contributed by atoms with Gasteiger partial charge < -0.3 is 10.6 Å². The highest BCUT2D eigenvalue weighted by atomic mass is 35.5. The number of anilines is 1. The predicted molar refractivity (Wildman–Crippen MR) is 82.4 cm³/mol. The molecule has 1 aromatic heterocycles. The molecule has 1 fully saturated rings. The molecule has 0 aliphatic carbocycles. The number of piperidine rings is 1. The molecule has 1 saturated heterocycles. The molecule has 2 heterocycles. The number of aromatic nitrogens is 2. The Morgan fingerprint density at radius 3 is 2.95 bits per heavy atom. The van der Waals surface area contributed by atoms with Crippen LogP contribution in [0.1, 0.15) is 39.5 Å². The Balaban J connectivity index is 2.36. The second-order valence-corrected chi connectivity index (χ2v) is 5.87. The minimum Gasteiger partial charge on any atom is -0.364 e. The second kappa shape index (κ2) is 6.59. The van der Waals surface area contributed by atoms with Gasteiger partial charge in [-0.25, -0.2) is 4.68 Å². The number of aryl methyl sites for hydroxylation is 1. The maximum Gasteiger partial charge on any atom is 0.287 e. The first-order valence-corrected chi connectivity index (χ1v) is 7.72. The van der Waals surface area contributed by atoms with Gasteiger partial charge in [0.15, 0.2) is 0 Å². The number of halogens is 1. The van der Waals surface area contributed by atoms with Crippen molar-refractivity contribution in [3.05, 3.63) is 21.6 Å². The van der Waals surface area contributed by atoms with Crippen LogP contribution in [0, 0.1) is 0 Å². The normalized spacial score (nSPS) is 21.0. The van der Waals surface area contributed by atoms with Crippen molar-refractivity contribution in [3.8, 4) is 0 Å². The fraction of sp³-hybridized carbons (Fsp3) is 0.714. The first-order chi connectivity index (χ1) is 9.56. The first kappa shape index (κ1) is 15.3. The van der Waals surface area contributed by atoms with Gasteiger partial charge in [-0.3, -0.25) is 4.79 Å². The lowest BCUT2D eigenvalue weighted by Gasteiger charge is -2.39. The van der Waals surface area contributed by atoms with Crippen LogP contribution in [0.25, 0.3) is 0 Å². The molecule has 20 heavy (non-hydrogen) atoms. The van der Waals surface area contributed by atoms with E-state index in [1.807, 2.05) is 13.8 Å². The highest BCUT2D eigenvalue weighted by Gasteiger charge is 2.28. The van der Waals surface area contributed by atoms with E-state index in [0.29, 0.717) is 6.54 Å². The number of hydrogen-bond donors (Lipinski definition) is 1. The fourth-order valence-corrected chi connectivity index (χ4v) is 3.09. The van der Waals surface area contributed by atoms with Gasteiger partial charge >= 0.3 is 0 Å². The van der Waals surface area contributed by atoms with Gasteiger partial charge in [0, 0.05) is 25.2 Å². The quantitative estimate of drug-likeness (QED) is 0.923. The Bertz CT molecular complexity index is 514. The van der Waals surface area contributed by atoms with Crippen LogP contribution in [0.3, 0.4) is 0 Å². The molecule has 0 saturated carbocycles. The van der Waals surface area contributed by atoms with Crippen LogP contribution in [0.2, 0.25) is 5.02 Å². The minimum absolute atomic E-state index is 0.0458. The van der Waals surface area contributed by atoms with Gasteiger partial charge in [0.25, 0.3) is 5.56 Å². The van der Waals surface area contributed by atoms with Crippen molar-refractivity contribution in [2.24, 2.45) is 5.73 Å². The van der Waals surface area contributed by atoms with Crippen molar-refractivity contribution in [1.82, 2.24) is 9.78 Å². The summed E-state index contributed by atoms with van der Waals surface area (Å²) in [7, 11) is 0. The molecule has 0 spiro atoms. The molecule has 6 heteroatoms. The third kappa shape index (κ3) is 2.99. The summed E-state index contributed by atoms with van der Waals surface area (Å²) >= 11 is 6.28. The van der Waals surface area contributed by atoms with Crippen molar-refractivity contribution in [2.75, 3.05) is 11.4 Å². The zero-order valence-electron chi connectivity index (χ0n) is 12.2. The molecule has 1 aliphatic heterocycles. The molecule has 0 radical (unpaired) electrons. The molecule has 2 rings (SSSR count). The van der Waals surface area contributed by atoms with Crippen LogP contribution in [-0.2, 0) is 6.54 Å². The molecule has 112 valence electrons. The zero-order chi connectivity index (χ0) is 14.7. The van der Waals surface area contributed by atoms with E-state index in [2.05, 4.69) is 10.00 Å². The molecule has 0 aromatic carbocycles. The van der Waals surface area contributed by atoms with E-state index in [1.165, 1.54) is 11.1 Å². The van der Waals surface area contributed by atoms with Crippen LogP contribution in [0.4, 0.5) is 5.69 Å². The molecule has 5 nitrogen and oxygen atoms in total. The summed E-state index contributed by atoms with van der Waals surface area (Å²) < 4.78 is 1.43. The van der Waals surface area contributed by atoms with Crippen molar-refractivity contribution < 1.29 is 0 Å². The van der Waals surface area contributed by atoms with E-state index >= 15 is 0 Å². The molecular weight excluding hydrogens is 276 g/mol. The number of rotatable bonds is 4. The molecule has 2 unspecified atom stereocenters. The van der Waals surface area contributed by atoms with E-state index in [9.17, 15) is 4.79 Å². The average Bonchev–Trinajstić information content (AvgIpc) is 2.44. The van der Waals surface area contributed by atoms with Crippen LogP contribution >= 0.6 is 11.6 Å². The standard InChI is InChI=1S/C14H23ClN4O/c1-3-7-19-14(20)13(15)12(9-17-19)18-8-5-4-6-11(18)10(2)16/h9-11H,3-8,16H2,1-2H3. The van der Waals surface area contributed by atoms with Gasteiger partial charge in [0.2, 0.25) is 0 Å². The van der Waals surface area contributed by atoms with Gasteiger partial charge in [-0.15, -0.1) is 0 Å². The van der Waals surface area contributed by atoms with E-state index in [-0.39, 0.29) is 22.7 Å². The van der Waals surface area contributed by atoms with Gasteiger partial charge in [-0.1, -0.05) is 18.5 Å². The lowest BCUT2D eigenvalue weighted by Crippen LogP contribution is -2.50. The van der Waals surface area contributed by atoms with Crippen LogP contribution in [0.5, 0.6) is 0 Å². The van der Waals surface area contributed by atoms with E-state index in [0.717, 1.165) is 31.5 Å². The van der Waals surface area contributed by atoms with Crippen LogP contribution in [0.15, 0.2) is 11.0 Å². The van der Waals surface area contributed by atoms with Crippen molar-refractivity contribution >= 4 is 17.3 Å². The minimum atomic E-state index is -0.208. The molecule has 2 N–H and O–H groups in total. The summed E-state index contributed by atoms with van der Waals surface area (Å²) in [4.78, 5) is 14.4. The maximum atomic E-state index is 12.2. The number of hydrogen-bond acceptors (Lipinski definition) is 4. The Kier molecular flexibility index (Phi) is 5.05. The third-order valence-corrected chi connectivity index (χ3v) is 4.22. The smallest absolute Gasteiger partial charge is 0.287 e. The van der Waals surface area contributed by atoms with Gasteiger partial charge in [0.1, 0.15) is 5.02 Å². The van der Waals surface area contributed by atoms with E-state index < -0.39 is 0 Å². The van der Waals surface area contributed by atoms with Crippen molar-refractivity contribution in [2.45, 2.75) is 58.2 Å². The molecule has 1 aliphatic rings. The van der Waals surface area contributed by atoms with E-state index in [1.54, 1.807) is 6.20 Å². The molecular formula is C14H23ClN4O. The zero-order valence-corrected chi connectivity index (χ0v) is 12.9. The highest BCUT2D eigenvalue weighted by molar-refractivity contribution is 6.33. The fourth-order valence-electron chi connectivity index (χ4n) is 2.83. The lowest BCUT2D eigenvalue weighted by molar-refractivity contribution is 0.412. The highest BCUT2D eigenvalue weighted by Crippen LogP contribution is 2.29. The second-order valence-electron chi connectivity index (χ2n) is 5.49. The van der Waals surface area contributed by atoms with Gasteiger partial charge in [0.05, 0.1) is 11.9 Å². The molecule has 0 bridgehead atoms. The third-order valence-electron chi connectivity index (χ3n) is 3.87. The predicted octanol–water partition coefficient (Wildman–Crippen LogP) is 2.01. The average molecular weight is 299 g/mol. The molecule has 0 amide bonds. The van der Waals surface area contributed by atoms with Crippen LogP contribution in [-0.4, -0.2) is 28.4 Å². The molecule has 2 atom stereocenters. The topological polar surface area (TPSA) is 64.2 Å². The SMILES string of the molecule is CCCn1ncc(N2CCCCC2C(C)N)c(Cl)c1=O. The first-order valence-electron chi connectivity index (χ1n) is 7.34. The Hall–Kier alpha value is -1.07. The van der Waals surface area contributed by atoms with Gasteiger partial charge in [-0.05, 0) is 32.6 Å². The maximum absolute atomic E-state index is 12.2. The summed E-state index contributed by atoms with van der Waals surface area (Å²) in [6.45, 7) is 5.48. The van der Waals surface area contributed by atoms with Gasteiger partial charge in [-0.2, -0.15) is 5.10 Å². The monoisotopic (exact) mass is 298 g/mol. The Morgan fingerprint density at radius 1 is 1.55 bits per heavy atom. The summed E-state index contributed by atoms with van der Waals surface area (Å²) in [5, 5.41) is 4.50. The summed E-state index contributed by atoms with van der Waals surface area (Å²) in [6, 6.07) is 0.272.